The van der Waals surface area contributed by atoms with Gasteiger partial charge in [0.1, 0.15) is 0 Å². The van der Waals surface area contributed by atoms with E-state index in [1.807, 2.05) is 12.2 Å². The van der Waals surface area contributed by atoms with Gasteiger partial charge in [-0.2, -0.15) is 0 Å². The molecule has 222 valence electrons. The van der Waals surface area contributed by atoms with E-state index >= 15 is 0 Å². The first-order chi connectivity index (χ1) is 19.6. The number of hydrogen-bond donors (Lipinski definition) is 2. The first-order valence-corrected chi connectivity index (χ1v) is 17.1. The molecule has 0 heterocycles. The topological polar surface area (TPSA) is 58.2 Å². The fourth-order valence-corrected chi connectivity index (χ4v) is 7.38. The molecule has 4 nitrogen and oxygen atoms in total. The van der Waals surface area contributed by atoms with Crippen molar-refractivity contribution in [2.75, 3.05) is 0 Å². The molecule has 4 aliphatic carbocycles. The van der Waals surface area contributed by atoms with Gasteiger partial charge in [-0.25, -0.2) is 0 Å². The van der Waals surface area contributed by atoms with Crippen molar-refractivity contribution in [3.05, 3.63) is 46.8 Å². The number of unbranched alkanes of at least 4 members (excludes halogenated alkanes) is 8. The number of fused-ring (bicyclic) bond motifs is 1. The summed E-state index contributed by atoms with van der Waals surface area (Å²) in [4.78, 5) is 26.2. The van der Waals surface area contributed by atoms with Gasteiger partial charge >= 0.3 is 0 Å². The average molecular weight is 549 g/mol. The number of rotatable bonds is 16. The van der Waals surface area contributed by atoms with E-state index in [2.05, 4.69) is 24.5 Å². The summed E-state index contributed by atoms with van der Waals surface area (Å²) in [5.74, 6) is 1.60. The highest BCUT2D eigenvalue weighted by atomic mass is 16.1. The van der Waals surface area contributed by atoms with Crippen molar-refractivity contribution in [2.24, 2.45) is 11.8 Å². The molecule has 0 bridgehead atoms. The van der Waals surface area contributed by atoms with E-state index in [1.54, 1.807) is 12.2 Å². The lowest BCUT2D eigenvalue weighted by Crippen LogP contribution is -2.37. The molecule has 4 heteroatoms. The van der Waals surface area contributed by atoms with Gasteiger partial charge in [0, 0.05) is 23.5 Å². The predicted octanol–water partition coefficient (Wildman–Crippen LogP) is 8.79. The number of carbonyl (C=O) groups excluding carboxylic acids is 2. The third-order valence-corrected chi connectivity index (χ3v) is 9.93. The Morgan fingerprint density at radius 3 is 1.27 bits per heavy atom. The number of allylic oxidation sites excluding steroid dienone is 6. The summed E-state index contributed by atoms with van der Waals surface area (Å²) < 4.78 is 0. The monoisotopic (exact) mass is 548 g/mol. The lowest BCUT2D eigenvalue weighted by atomic mass is 9.81. The Labute approximate surface area is 244 Å². The van der Waals surface area contributed by atoms with Gasteiger partial charge in [-0.05, 0) is 87.5 Å². The Bertz CT molecular complexity index is 877. The first kappa shape index (κ1) is 30.8. The van der Waals surface area contributed by atoms with Crippen LogP contribution >= 0.6 is 0 Å². The quantitative estimate of drug-likeness (QED) is 0.189. The number of carbonyl (C=O) groups is 2. The highest BCUT2D eigenvalue weighted by Gasteiger charge is 2.32. The second kappa shape index (κ2) is 16.4. The highest BCUT2D eigenvalue weighted by molar-refractivity contribution is 6.23. The Hall–Kier alpha value is -2.10. The predicted molar refractivity (Wildman–Crippen MR) is 167 cm³/mol. The lowest BCUT2D eigenvalue weighted by Gasteiger charge is -2.33. The molecular weight excluding hydrogens is 492 g/mol. The molecule has 0 amide bonds. The maximum Gasteiger partial charge on any atom is 0.188 e. The molecule has 0 unspecified atom stereocenters. The molecule has 0 aromatic carbocycles. The molecule has 4 aliphatic rings. The van der Waals surface area contributed by atoms with Crippen molar-refractivity contribution >= 4 is 11.6 Å². The summed E-state index contributed by atoms with van der Waals surface area (Å²) in [6.07, 6.45) is 33.0. The van der Waals surface area contributed by atoms with Crippen LogP contribution in [0.5, 0.6) is 0 Å². The molecule has 2 saturated carbocycles. The van der Waals surface area contributed by atoms with Crippen LogP contribution in [-0.2, 0) is 9.59 Å². The summed E-state index contributed by atoms with van der Waals surface area (Å²) in [5.41, 5.74) is 2.85. The average Bonchev–Trinajstić information content (AvgIpc) is 2.97. The lowest BCUT2D eigenvalue weighted by molar-refractivity contribution is -0.114. The van der Waals surface area contributed by atoms with Gasteiger partial charge in [0.15, 0.2) is 11.6 Å². The fraction of sp³-hybridized carbons (Fsp3) is 0.722. The van der Waals surface area contributed by atoms with Crippen LogP contribution in [-0.4, -0.2) is 23.7 Å². The van der Waals surface area contributed by atoms with E-state index in [-0.39, 0.29) is 11.6 Å². The molecule has 0 aromatic heterocycles. The minimum atomic E-state index is -0.0479. The SMILES string of the molecule is CCCCCCC[C@H]1CC[C@H](NC2=C3C(=O)C=CC(N[C@H]4CC[C@H](CCCCCCC)CC4)=C3C(=O)C=C2)CC1. The van der Waals surface area contributed by atoms with Crippen LogP contribution in [0.3, 0.4) is 0 Å². The van der Waals surface area contributed by atoms with Crippen LogP contribution in [0, 0.1) is 11.8 Å². The van der Waals surface area contributed by atoms with Gasteiger partial charge in [-0.15, -0.1) is 0 Å². The van der Waals surface area contributed by atoms with Crippen molar-refractivity contribution in [1.29, 1.82) is 0 Å². The molecule has 2 fully saturated rings. The Kier molecular flexibility index (Phi) is 12.6. The van der Waals surface area contributed by atoms with Gasteiger partial charge in [0.05, 0.1) is 11.1 Å². The summed E-state index contributed by atoms with van der Waals surface area (Å²) in [6, 6.07) is 0.760. The van der Waals surface area contributed by atoms with Crippen molar-refractivity contribution < 1.29 is 9.59 Å². The Morgan fingerprint density at radius 2 is 0.900 bits per heavy atom. The third-order valence-electron chi connectivity index (χ3n) is 9.93. The number of hydrogen-bond acceptors (Lipinski definition) is 4. The standard InChI is InChI=1S/C36H56N2O2/c1-3-5-7-9-11-13-27-15-19-29(20-16-27)37-31-23-25-34(40)36-32(24-26-33(39)35(31)36)38-30-21-17-28(18-22-30)14-12-10-8-6-4-2/h23-30,37-38H,3-22H2,1-2H3/t27-,28-,29-,30-. The van der Waals surface area contributed by atoms with Crippen LogP contribution in [0.15, 0.2) is 46.8 Å². The molecule has 0 aromatic rings. The molecule has 0 aliphatic heterocycles. The van der Waals surface area contributed by atoms with Gasteiger partial charge in [-0.1, -0.05) is 90.9 Å². The second-order valence-corrected chi connectivity index (χ2v) is 13.1. The first-order valence-electron chi connectivity index (χ1n) is 17.1. The van der Waals surface area contributed by atoms with Gasteiger partial charge in [-0.3, -0.25) is 9.59 Å². The Morgan fingerprint density at radius 1 is 0.525 bits per heavy atom. The van der Waals surface area contributed by atoms with E-state index in [9.17, 15) is 9.59 Å². The molecule has 0 atom stereocenters. The van der Waals surface area contributed by atoms with Crippen molar-refractivity contribution in [2.45, 2.75) is 154 Å². The molecule has 0 radical (unpaired) electrons. The second-order valence-electron chi connectivity index (χ2n) is 13.1. The van der Waals surface area contributed by atoms with Gasteiger partial charge < -0.3 is 10.6 Å². The Balaban J connectivity index is 1.30. The largest absolute Gasteiger partial charge is 0.382 e. The third kappa shape index (κ3) is 8.95. The van der Waals surface area contributed by atoms with Crippen LogP contribution < -0.4 is 10.6 Å². The van der Waals surface area contributed by atoms with Crippen molar-refractivity contribution in [3.8, 4) is 0 Å². The van der Waals surface area contributed by atoms with Crippen molar-refractivity contribution in [3.63, 3.8) is 0 Å². The molecule has 0 spiro atoms. The molecule has 0 saturated heterocycles. The van der Waals surface area contributed by atoms with E-state index < -0.39 is 0 Å². The highest BCUT2D eigenvalue weighted by Crippen LogP contribution is 2.34. The van der Waals surface area contributed by atoms with E-state index in [4.69, 9.17) is 0 Å². The van der Waals surface area contributed by atoms with Crippen LogP contribution in [0.1, 0.15) is 142 Å². The normalized spacial score (nSPS) is 26.9. The molecule has 2 N–H and O–H groups in total. The molecular formula is C36H56N2O2. The van der Waals surface area contributed by atoms with Crippen molar-refractivity contribution in [1.82, 2.24) is 10.6 Å². The van der Waals surface area contributed by atoms with Gasteiger partial charge in [0.25, 0.3) is 0 Å². The fourth-order valence-electron chi connectivity index (χ4n) is 7.38. The maximum atomic E-state index is 13.1. The molecule has 4 rings (SSSR count). The summed E-state index contributed by atoms with van der Waals surface area (Å²) >= 11 is 0. The van der Waals surface area contributed by atoms with E-state index in [1.165, 1.54) is 103 Å². The molecule has 40 heavy (non-hydrogen) atoms. The minimum absolute atomic E-state index is 0.0479. The maximum absolute atomic E-state index is 13.1. The number of ketones is 2. The zero-order valence-electron chi connectivity index (χ0n) is 25.6. The van der Waals surface area contributed by atoms with Crippen LogP contribution in [0.4, 0.5) is 0 Å². The minimum Gasteiger partial charge on any atom is -0.382 e. The summed E-state index contributed by atoms with van der Waals surface area (Å²) in [7, 11) is 0. The van der Waals surface area contributed by atoms with Crippen LogP contribution in [0.25, 0.3) is 0 Å². The van der Waals surface area contributed by atoms with Gasteiger partial charge in [0.2, 0.25) is 0 Å². The van der Waals surface area contributed by atoms with Crippen LogP contribution in [0.2, 0.25) is 0 Å². The summed E-state index contributed by atoms with van der Waals surface area (Å²) in [6.45, 7) is 4.55. The summed E-state index contributed by atoms with van der Waals surface area (Å²) in [5, 5.41) is 7.40. The zero-order valence-corrected chi connectivity index (χ0v) is 25.6. The smallest absolute Gasteiger partial charge is 0.188 e. The number of nitrogens with one attached hydrogen (secondary N) is 2. The van der Waals surface area contributed by atoms with E-state index in [0.717, 1.165) is 48.9 Å². The zero-order chi connectivity index (χ0) is 28.2. The van der Waals surface area contributed by atoms with E-state index in [0.29, 0.717) is 23.2 Å².